The number of carbonyl (C=O) groups excluding carboxylic acids is 3. The van der Waals surface area contributed by atoms with E-state index in [1.54, 1.807) is 28.5 Å². The van der Waals surface area contributed by atoms with Gasteiger partial charge < -0.3 is 20.1 Å². The fourth-order valence-corrected chi connectivity index (χ4v) is 4.75. The number of halogens is 1. The van der Waals surface area contributed by atoms with Crippen molar-refractivity contribution < 1.29 is 18.8 Å². The van der Waals surface area contributed by atoms with Gasteiger partial charge in [-0.1, -0.05) is 42.5 Å². The molecule has 1 saturated carbocycles. The molecule has 2 heterocycles. The fourth-order valence-electron chi connectivity index (χ4n) is 4.75. The van der Waals surface area contributed by atoms with Gasteiger partial charge in [0.2, 0.25) is 5.91 Å². The smallest absolute Gasteiger partial charge is 0.274 e. The number of amides is 3. The predicted molar refractivity (Wildman–Crippen MR) is 131 cm³/mol. The van der Waals surface area contributed by atoms with Crippen LogP contribution in [0.4, 0.5) is 4.39 Å². The normalized spacial score (nSPS) is 19.1. The third kappa shape index (κ3) is 4.60. The van der Waals surface area contributed by atoms with E-state index in [1.807, 2.05) is 30.3 Å². The molecule has 1 fully saturated rings. The predicted octanol–water partition coefficient (Wildman–Crippen LogP) is 2.69. The average molecular weight is 490 g/mol. The highest BCUT2D eigenvalue weighted by Crippen LogP contribution is 2.38. The summed E-state index contributed by atoms with van der Waals surface area (Å²) in [4.78, 5) is 45.8. The van der Waals surface area contributed by atoms with Gasteiger partial charge in [-0.15, -0.1) is 0 Å². The Morgan fingerprint density at radius 1 is 1.06 bits per heavy atom. The van der Waals surface area contributed by atoms with E-state index in [0.29, 0.717) is 13.0 Å². The van der Waals surface area contributed by atoms with Crippen molar-refractivity contribution in [3.05, 3.63) is 89.3 Å². The molecular formula is C27H28FN5O3. The van der Waals surface area contributed by atoms with Crippen molar-refractivity contribution >= 4 is 17.7 Å². The highest BCUT2D eigenvalue weighted by molar-refractivity contribution is 6.07. The molecule has 3 aromatic rings. The monoisotopic (exact) mass is 489 g/mol. The Bertz CT molecular complexity index is 1290. The molecule has 0 bridgehead atoms. The molecule has 2 N–H and O–H groups in total. The largest absolute Gasteiger partial charge is 0.350 e. The summed E-state index contributed by atoms with van der Waals surface area (Å²) in [6, 6.07) is 15.7. The van der Waals surface area contributed by atoms with E-state index in [-0.39, 0.29) is 48.2 Å². The number of nitrogens with one attached hydrogen (secondary N) is 2. The second kappa shape index (κ2) is 9.56. The van der Waals surface area contributed by atoms with Crippen molar-refractivity contribution in [1.29, 1.82) is 0 Å². The summed E-state index contributed by atoms with van der Waals surface area (Å²) in [6.07, 6.45) is 3.73. The van der Waals surface area contributed by atoms with Gasteiger partial charge in [-0.3, -0.25) is 14.4 Å². The lowest BCUT2D eigenvalue weighted by molar-refractivity contribution is -0.133. The summed E-state index contributed by atoms with van der Waals surface area (Å²) in [7, 11) is 0. The van der Waals surface area contributed by atoms with E-state index in [0.717, 1.165) is 24.0 Å². The second-order valence-electron chi connectivity index (χ2n) is 9.55. The number of rotatable bonds is 8. The number of benzene rings is 2. The molecule has 2 aromatic carbocycles. The van der Waals surface area contributed by atoms with Gasteiger partial charge in [0.15, 0.2) is 5.69 Å². The van der Waals surface area contributed by atoms with E-state index in [9.17, 15) is 18.8 Å². The first-order chi connectivity index (χ1) is 17.4. The molecule has 8 nitrogen and oxygen atoms in total. The maximum absolute atomic E-state index is 13.7. The summed E-state index contributed by atoms with van der Waals surface area (Å²) in [5.74, 6) is -1.43. The zero-order valence-corrected chi connectivity index (χ0v) is 20.0. The molecular weight excluding hydrogens is 461 g/mol. The fraction of sp³-hybridized carbons (Fsp3) is 0.333. The minimum Gasteiger partial charge on any atom is -0.350 e. The number of imidazole rings is 1. The van der Waals surface area contributed by atoms with E-state index < -0.39 is 11.4 Å². The molecule has 1 aromatic heterocycles. The van der Waals surface area contributed by atoms with Crippen LogP contribution in [0.15, 0.2) is 60.9 Å². The Morgan fingerprint density at radius 3 is 2.47 bits per heavy atom. The summed E-state index contributed by atoms with van der Waals surface area (Å²) in [5, 5.41) is 5.76. The minimum atomic E-state index is -1.15. The number of hydrogen-bond donors (Lipinski definition) is 2. The Hall–Kier alpha value is -4.01. The standard InChI is InChI=1S/C27H28FN5O3/c1-27(26(36)30-15-19-7-9-20(28)10-8-19)16-32-17-31-22(23(32)25(35)33(27)21-11-12-21)24(34)29-14-13-18-5-3-2-4-6-18/h2-10,17,21H,11-16H2,1H3,(H,29,34)(H,30,36). The van der Waals surface area contributed by atoms with Crippen LogP contribution < -0.4 is 10.6 Å². The molecule has 1 aliphatic heterocycles. The van der Waals surface area contributed by atoms with E-state index in [1.165, 1.54) is 18.5 Å². The van der Waals surface area contributed by atoms with Crippen LogP contribution in [-0.4, -0.2) is 50.3 Å². The third-order valence-electron chi connectivity index (χ3n) is 6.79. The van der Waals surface area contributed by atoms with Crippen molar-refractivity contribution in [2.45, 2.75) is 50.9 Å². The number of aromatic nitrogens is 2. The summed E-state index contributed by atoms with van der Waals surface area (Å²) in [6.45, 7) is 2.56. The van der Waals surface area contributed by atoms with Crippen molar-refractivity contribution in [2.24, 2.45) is 0 Å². The molecule has 0 spiro atoms. The molecule has 2 aliphatic rings. The highest BCUT2D eigenvalue weighted by atomic mass is 19.1. The average Bonchev–Trinajstić information content (AvgIpc) is 3.61. The number of nitrogens with zero attached hydrogens (tertiary/aromatic N) is 3. The van der Waals surface area contributed by atoms with Crippen LogP contribution >= 0.6 is 0 Å². The van der Waals surface area contributed by atoms with E-state index in [2.05, 4.69) is 15.6 Å². The number of fused-ring (bicyclic) bond motifs is 1. The van der Waals surface area contributed by atoms with Crippen molar-refractivity contribution in [1.82, 2.24) is 25.1 Å². The Kier molecular flexibility index (Phi) is 6.30. The second-order valence-corrected chi connectivity index (χ2v) is 9.55. The van der Waals surface area contributed by atoms with E-state index >= 15 is 0 Å². The minimum absolute atomic E-state index is 0.0586. The molecule has 9 heteroatoms. The van der Waals surface area contributed by atoms with Gasteiger partial charge in [-0.05, 0) is 49.4 Å². The summed E-state index contributed by atoms with van der Waals surface area (Å²) < 4.78 is 14.8. The van der Waals surface area contributed by atoms with Crippen molar-refractivity contribution in [3.8, 4) is 0 Å². The van der Waals surface area contributed by atoms with Gasteiger partial charge in [0.05, 0.1) is 12.9 Å². The molecule has 0 saturated heterocycles. The molecule has 186 valence electrons. The molecule has 5 rings (SSSR count). The van der Waals surface area contributed by atoms with Gasteiger partial charge in [0.25, 0.3) is 11.8 Å². The highest BCUT2D eigenvalue weighted by Gasteiger charge is 2.53. The molecule has 1 aliphatic carbocycles. The van der Waals surface area contributed by atoms with Crippen LogP contribution in [0.3, 0.4) is 0 Å². The first-order valence-electron chi connectivity index (χ1n) is 12.1. The zero-order valence-electron chi connectivity index (χ0n) is 20.0. The first-order valence-corrected chi connectivity index (χ1v) is 12.1. The number of hydrogen-bond acceptors (Lipinski definition) is 4. The third-order valence-corrected chi connectivity index (χ3v) is 6.79. The maximum Gasteiger partial charge on any atom is 0.274 e. The van der Waals surface area contributed by atoms with Crippen LogP contribution in [0.5, 0.6) is 0 Å². The Labute approximate surface area is 208 Å². The van der Waals surface area contributed by atoms with Crippen LogP contribution in [0.2, 0.25) is 0 Å². The molecule has 0 radical (unpaired) electrons. The Balaban J connectivity index is 1.32. The van der Waals surface area contributed by atoms with Gasteiger partial charge in [0.1, 0.15) is 17.1 Å². The van der Waals surface area contributed by atoms with Crippen LogP contribution in [0, 0.1) is 5.82 Å². The summed E-state index contributed by atoms with van der Waals surface area (Å²) in [5.41, 5.74) is 0.997. The molecule has 36 heavy (non-hydrogen) atoms. The van der Waals surface area contributed by atoms with Gasteiger partial charge in [-0.25, -0.2) is 9.37 Å². The van der Waals surface area contributed by atoms with Crippen LogP contribution in [0.1, 0.15) is 51.9 Å². The topological polar surface area (TPSA) is 96.3 Å². The van der Waals surface area contributed by atoms with Crippen molar-refractivity contribution in [2.75, 3.05) is 6.54 Å². The van der Waals surface area contributed by atoms with Crippen LogP contribution in [-0.2, 0) is 24.3 Å². The molecule has 1 unspecified atom stereocenters. The SMILES string of the molecule is CC1(C(=O)NCc2ccc(F)cc2)Cn2cnc(C(=O)NCCc3ccccc3)c2C(=O)N1C1CC1. The molecule has 3 amide bonds. The Morgan fingerprint density at radius 2 is 1.78 bits per heavy atom. The lowest BCUT2D eigenvalue weighted by Crippen LogP contribution is -2.64. The maximum atomic E-state index is 13.7. The van der Waals surface area contributed by atoms with Gasteiger partial charge in [-0.2, -0.15) is 0 Å². The summed E-state index contributed by atoms with van der Waals surface area (Å²) >= 11 is 0. The molecule has 1 atom stereocenters. The number of carbonyl (C=O) groups is 3. The lowest BCUT2D eigenvalue weighted by Gasteiger charge is -2.44. The lowest BCUT2D eigenvalue weighted by atomic mass is 9.93. The quantitative estimate of drug-likeness (QED) is 0.509. The zero-order chi connectivity index (χ0) is 25.3. The first kappa shape index (κ1) is 23.7. The van der Waals surface area contributed by atoms with Gasteiger partial charge >= 0.3 is 0 Å². The van der Waals surface area contributed by atoms with Crippen molar-refractivity contribution in [3.63, 3.8) is 0 Å². The van der Waals surface area contributed by atoms with E-state index in [4.69, 9.17) is 0 Å². The van der Waals surface area contributed by atoms with Gasteiger partial charge in [0, 0.05) is 19.1 Å². The van der Waals surface area contributed by atoms with Crippen LogP contribution in [0.25, 0.3) is 0 Å².